The molecule has 17 heavy (non-hydrogen) atoms. The molecule has 2 rings (SSSR count). The number of hydrogen-bond acceptors (Lipinski definition) is 3. The van der Waals surface area contributed by atoms with Gasteiger partial charge in [-0.1, -0.05) is 13.8 Å². The molecule has 98 valence electrons. The average molecular weight is 242 g/mol. The lowest BCUT2D eigenvalue weighted by molar-refractivity contribution is -0.205. The van der Waals surface area contributed by atoms with Crippen LogP contribution in [0.1, 0.15) is 47.0 Å². The second-order valence-electron chi connectivity index (χ2n) is 7.16. The van der Waals surface area contributed by atoms with Gasteiger partial charge in [-0.15, -0.1) is 0 Å². The minimum Gasteiger partial charge on any atom is -0.481 e. The molecule has 1 aliphatic heterocycles. The molecular weight excluding hydrogens is 220 g/mol. The number of hydrogen-bond donors (Lipinski definition) is 2. The van der Waals surface area contributed by atoms with Gasteiger partial charge in [0.2, 0.25) is 0 Å². The first-order valence-electron chi connectivity index (χ1n) is 6.12. The smallest absolute Gasteiger partial charge is 0.312 e. The molecule has 0 amide bonds. The van der Waals surface area contributed by atoms with E-state index >= 15 is 0 Å². The van der Waals surface area contributed by atoms with Crippen molar-refractivity contribution in [2.24, 2.45) is 10.8 Å². The first kappa shape index (κ1) is 12.8. The molecule has 0 aromatic heterocycles. The molecule has 1 saturated carbocycles. The second-order valence-corrected chi connectivity index (χ2v) is 7.16. The molecule has 1 saturated heterocycles. The van der Waals surface area contributed by atoms with Gasteiger partial charge in [0.1, 0.15) is 5.60 Å². The van der Waals surface area contributed by atoms with E-state index in [1.807, 2.05) is 27.7 Å². The van der Waals surface area contributed by atoms with Crippen molar-refractivity contribution in [3.8, 4) is 0 Å². The van der Waals surface area contributed by atoms with Gasteiger partial charge in [0.25, 0.3) is 0 Å². The lowest BCUT2D eigenvalue weighted by Gasteiger charge is -2.56. The van der Waals surface area contributed by atoms with Crippen LogP contribution in [0.5, 0.6) is 0 Å². The van der Waals surface area contributed by atoms with Gasteiger partial charge in [0.15, 0.2) is 0 Å². The summed E-state index contributed by atoms with van der Waals surface area (Å²) in [4.78, 5) is 11.6. The van der Waals surface area contributed by atoms with Crippen LogP contribution < -0.4 is 0 Å². The third-order valence-corrected chi connectivity index (χ3v) is 4.28. The van der Waals surface area contributed by atoms with Gasteiger partial charge in [-0.3, -0.25) is 4.79 Å². The fraction of sp³-hybridized carbons (Fsp3) is 0.923. The predicted molar refractivity (Wildman–Crippen MR) is 62.7 cm³/mol. The Hall–Kier alpha value is -0.610. The highest BCUT2D eigenvalue weighted by molar-refractivity contribution is 5.78. The zero-order chi connectivity index (χ0) is 13.1. The highest BCUT2D eigenvalue weighted by atomic mass is 16.5. The molecule has 0 spiro atoms. The molecule has 0 radical (unpaired) electrons. The Morgan fingerprint density at radius 1 is 1.12 bits per heavy atom. The number of rotatable bonds is 2. The molecule has 1 heterocycles. The Morgan fingerprint density at radius 3 is 1.94 bits per heavy atom. The number of carboxylic acid groups (broad SMARTS) is 1. The number of aliphatic hydroxyl groups is 1. The second kappa shape index (κ2) is 3.23. The molecule has 2 aliphatic rings. The first-order valence-corrected chi connectivity index (χ1v) is 6.12. The van der Waals surface area contributed by atoms with Crippen LogP contribution in [-0.4, -0.2) is 34.0 Å². The van der Waals surface area contributed by atoms with E-state index in [2.05, 4.69) is 0 Å². The summed E-state index contributed by atoms with van der Waals surface area (Å²) in [5, 5.41) is 20.2. The molecule has 2 N–H and O–H groups in total. The molecule has 4 nitrogen and oxygen atoms in total. The quantitative estimate of drug-likeness (QED) is 0.775. The molecule has 1 aliphatic carbocycles. The van der Waals surface area contributed by atoms with E-state index < -0.39 is 22.6 Å². The summed E-state index contributed by atoms with van der Waals surface area (Å²) in [5.74, 6) is -0.888. The Bertz CT molecular complexity index is 350. The van der Waals surface area contributed by atoms with Gasteiger partial charge < -0.3 is 14.9 Å². The van der Waals surface area contributed by atoms with Crippen molar-refractivity contribution in [3.63, 3.8) is 0 Å². The van der Waals surface area contributed by atoms with Crippen LogP contribution in [0.4, 0.5) is 0 Å². The fourth-order valence-corrected chi connectivity index (χ4v) is 3.69. The fourth-order valence-electron chi connectivity index (χ4n) is 3.69. The van der Waals surface area contributed by atoms with Crippen molar-refractivity contribution in [1.82, 2.24) is 0 Å². The summed E-state index contributed by atoms with van der Waals surface area (Å²) in [5.41, 5.74) is -2.68. The molecule has 0 aromatic carbocycles. The van der Waals surface area contributed by atoms with Gasteiger partial charge in [0, 0.05) is 6.42 Å². The first-order chi connectivity index (χ1) is 7.52. The third-order valence-electron chi connectivity index (χ3n) is 4.28. The van der Waals surface area contributed by atoms with Crippen molar-refractivity contribution in [2.45, 2.75) is 58.2 Å². The summed E-state index contributed by atoms with van der Waals surface area (Å²) in [6.07, 6.45) is 1.43. The van der Waals surface area contributed by atoms with Crippen LogP contribution in [0.3, 0.4) is 0 Å². The summed E-state index contributed by atoms with van der Waals surface area (Å²) in [7, 11) is 0. The van der Waals surface area contributed by atoms with Crippen LogP contribution in [0.2, 0.25) is 0 Å². The minimum absolute atomic E-state index is 0.000846. The number of aliphatic carboxylic acids is 1. The summed E-state index contributed by atoms with van der Waals surface area (Å²) < 4.78 is 5.54. The molecular formula is C13H22O4. The van der Waals surface area contributed by atoms with E-state index in [0.717, 1.165) is 0 Å². The van der Waals surface area contributed by atoms with Gasteiger partial charge in [0.05, 0.1) is 17.6 Å². The van der Waals surface area contributed by atoms with Crippen molar-refractivity contribution in [1.29, 1.82) is 0 Å². The zero-order valence-corrected chi connectivity index (χ0v) is 11.0. The van der Waals surface area contributed by atoms with Crippen LogP contribution in [0.25, 0.3) is 0 Å². The lowest BCUT2D eigenvalue weighted by Crippen LogP contribution is -2.63. The van der Waals surface area contributed by atoms with Gasteiger partial charge in [-0.2, -0.15) is 0 Å². The number of carboxylic acids is 1. The third kappa shape index (κ3) is 1.78. The highest BCUT2D eigenvalue weighted by Crippen LogP contribution is 2.62. The highest BCUT2D eigenvalue weighted by Gasteiger charge is 2.68. The van der Waals surface area contributed by atoms with Gasteiger partial charge in [-0.25, -0.2) is 0 Å². The largest absolute Gasteiger partial charge is 0.481 e. The lowest BCUT2D eigenvalue weighted by atomic mass is 9.47. The summed E-state index contributed by atoms with van der Waals surface area (Å²) >= 11 is 0. The monoisotopic (exact) mass is 242 g/mol. The maximum atomic E-state index is 11.6. The van der Waals surface area contributed by atoms with Crippen LogP contribution in [0.15, 0.2) is 0 Å². The molecule has 1 unspecified atom stereocenters. The maximum Gasteiger partial charge on any atom is 0.312 e. The van der Waals surface area contributed by atoms with E-state index in [1.54, 1.807) is 0 Å². The SMILES string of the molecule is CC1(C)CC(C(=O)O)(C2(O)COC(C)(C)C2)C1. The van der Waals surface area contributed by atoms with E-state index in [1.165, 1.54) is 0 Å². The van der Waals surface area contributed by atoms with Crippen molar-refractivity contribution < 1.29 is 19.7 Å². The van der Waals surface area contributed by atoms with Crippen LogP contribution in [-0.2, 0) is 9.53 Å². The van der Waals surface area contributed by atoms with Gasteiger partial charge >= 0.3 is 5.97 Å². The average Bonchev–Trinajstić information content (AvgIpc) is 2.36. The minimum atomic E-state index is -1.22. The summed E-state index contributed by atoms with van der Waals surface area (Å²) in [6, 6.07) is 0. The standard InChI is InChI=1S/C13H22O4/c1-10(2)5-12(6-10,9(14)15)13(16)7-11(3,4)17-8-13/h16H,5-8H2,1-4H3,(H,14,15). The molecule has 1 atom stereocenters. The molecule has 4 heteroatoms. The topological polar surface area (TPSA) is 66.8 Å². The Labute approximate surface area is 102 Å². The van der Waals surface area contributed by atoms with Gasteiger partial charge in [-0.05, 0) is 32.1 Å². The maximum absolute atomic E-state index is 11.6. The van der Waals surface area contributed by atoms with Crippen molar-refractivity contribution in [3.05, 3.63) is 0 Å². The van der Waals surface area contributed by atoms with E-state index in [0.29, 0.717) is 19.3 Å². The Morgan fingerprint density at radius 2 is 1.65 bits per heavy atom. The number of ether oxygens (including phenoxy) is 1. The predicted octanol–water partition coefficient (Wildman–Crippen LogP) is 1.81. The van der Waals surface area contributed by atoms with Crippen molar-refractivity contribution in [2.75, 3.05) is 6.61 Å². The number of carbonyl (C=O) groups is 1. The van der Waals surface area contributed by atoms with Crippen LogP contribution in [0, 0.1) is 10.8 Å². The van der Waals surface area contributed by atoms with Crippen LogP contribution >= 0.6 is 0 Å². The molecule has 0 aromatic rings. The normalized spacial score (nSPS) is 37.5. The molecule has 2 fully saturated rings. The molecule has 0 bridgehead atoms. The van der Waals surface area contributed by atoms with E-state index in [4.69, 9.17) is 4.74 Å². The Kier molecular flexibility index (Phi) is 2.44. The van der Waals surface area contributed by atoms with E-state index in [-0.39, 0.29) is 12.0 Å². The summed E-state index contributed by atoms with van der Waals surface area (Å²) in [6.45, 7) is 7.99. The Balaban J connectivity index is 2.28. The van der Waals surface area contributed by atoms with E-state index in [9.17, 15) is 15.0 Å². The zero-order valence-electron chi connectivity index (χ0n) is 11.0. The van der Waals surface area contributed by atoms with Crippen molar-refractivity contribution >= 4 is 5.97 Å².